The molecule has 5 rings (SSSR count). The fraction of sp³-hybridized carbons (Fsp3) is 0.370. The first-order valence-corrected chi connectivity index (χ1v) is 12.6. The van der Waals surface area contributed by atoms with Crippen molar-refractivity contribution in [2.24, 2.45) is 0 Å². The molecule has 1 fully saturated rings. The average molecular weight is 474 g/mol. The van der Waals surface area contributed by atoms with Gasteiger partial charge >= 0.3 is 0 Å². The van der Waals surface area contributed by atoms with E-state index < -0.39 is 0 Å². The molecule has 0 atom stereocenters. The third-order valence-electron chi connectivity index (χ3n) is 7.12. The van der Waals surface area contributed by atoms with E-state index >= 15 is 0 Å². The Morgan fingerprint density at radius 3 is 2.56 bits per heavy atom. The monoisotopic (exact) mass is 473 g/mol. The minimum absolute atomic E-state index is 0.0453. The molecule has 1 heterocycles. The van der Waals surface area contributed by atoms with Crippen LogP contribution in [0, 0.1) is 0 Å². The number of fused-ring (bicyclic) bond motifs is 4. The molecule has 0 aliphatic heterocycles. The predicted molar refractivity (Wildman–Crippen MR) is 141 cm³/mol. The van der Waals surface area contributed by atoms with Gasteiger partial charge < -0.3 is 5.32 Å². The van der Waals surface area contributed by atoms with Gasteiger partial charge in [-0.15, -0.1) is 0 Å². The van der Waals surface area contributed by atoms with Crippen LogP contribution in [0.1, 0.15) is 55.7 Å². The maximum Gasteiger partial charge on any atom is 0.259 e. The van der Waals surface area contributed by atoms with Crippen LogP contribution in [0.3, 0.4) is 0 Å². The van der Waals surface area contributed by atoms with Crippen molar-refractivity contribution in [1.29, 1.82) is 0 Å². The molecule has 3 N–H and O–H groups in total. The Hall–Kier alpha value is -3.19. The molecule has 176 valence electrons. The van der Waals surface area contributed by atoms with Crippen LogP contribution in [0.15, 0.2) is 59.4 Å². The molecule has 1 spiro atoms. The van der Waals surface area contributed by atoms with Crippen LogP contribution >= 0.6 is 12.2 Å². The third-order valence-corrected chi connectivity index (χ3v) is 7.37. The van der Waals surface area contributed by atoms with Crippen molar-refractivity contribution in [2.45, 2.75) is 57.4 Å². The largest absolute Gasteiger partial charge is 0.362 e. The standard InChI is InChI=1S/C27H31N5OS/c1-2-28-26(34)31-30-25-29-23-21-14-8-7-13-20(21)17-27(15-9-4-10-16-27)22(23)24(33)32(25)18-19-11-5-3-6-12-19/h3,5-8,11-14H,2,4,9-10,15-18H2,1H3,(H,29,30)(H2,28,31,34). The van der Waals surface area contributed by atoms with Crippen LogP contribution in [-0.4, -0.2) is 21.2 Å². The van der Waals surface area contributed by atoms with Gasteiger partial charge in [0.25, 0.3) is 5.56 Å². The van der Waals surface area contributed by atoms with Crippen LogP contribution in [-0.2, 0) is 18.4 Å². The van der Waals surface area contributed by atoms with Gasteiger partial charge in [-0.3, -0.25) is 20.2 Å². The predicted octanol–water partition coefficient (Wildman–Crippen LogP) is 4.53. The van der Waals surface area contributed by atoms with Gasteiger partial charge in [0, 0.05) is 17.5 Å². The SMILES string of the molecule is CCNC(=S)NNc1nc2c(c(=O)n1Cc1ccccc1)C1(CCCCC1)Cc1ccccc1-2. The Labute approximate surface area is 205 Å². The van der Waals surface area contributed by atoms with E-state index in [-0.39, 0.29) is 11.0 Å². The van der Waals surface area contributed by atoms with Gasteiger partial charge in [0.1, 0.15) is 0 Å². The zero-order valence-electron chi connectivity index (χ0n) is 19.6. The lowest BCUT2D eigenvalue weighted by atomic mass is 9.62. The first-order chi connectivity index (χ1) is 16.6. The van der Waals surface area contributed by atoms with E-state index in [1.807, 2.05) is 43.3 Å². The van der Waals surface area contributed by atoms with Crippen LogP contribution in [0.25, 0.3) is 11.3 Å². The van der Waals surface area contributed by atoms with E-state index in [1.54, 1.807) is 4.57 Å². The summed E-state index contributed by atoms with van der Waals surface area (Å²) in [5, 5.41) is 3.53. The van der Waals surface area contributed by atoms with E-state index in [4.69, 9.17) is 17.2 Å². The first-order valence-electron chi connectivity index (χ1n) is 12.2. The topological polar surface area (TPSA) is 71.0 Å². The highest BCUT2D eigenvalue weighted by Crippen LogP contribution is 2.48. The van der Waals surface area contributed by atoms with Crippen molar-refractivity contribution in [3.8, 4) is 11.3 Å². The van der Waals surface area contributed by atoms with Crippen molar-refractivity contribution in [3.63, 3.8) is 0 Å². The molecule has 0 radical (unpaired) electrons. The molecule has 2 aliphatic rings. The normalized spacial score (nSPS) is 15.8. The molecule has 0 bridgehead atoms. The van der Waals surface area contributed by atoms with Gasteiger partial charge in [-0.2, -0.15) is 0 Å². The molecule has 7 heteroatoms. The van der Waals surface area contributed by atoms with Gasteiger partial charge in [-0.05, 0) is 49.5 Å². The first kappa shape index (κ1) is 22.6. The summed E-state index contributed by atoms with van der Waals surface area (Å²) < 4.78 is 1.76. The van der Waals surface area contributed by atoms with Crippen LogP contribution in [0.2, 0.25) is 0 Å². The molecule has 1 saturated carbocycles. The van der Waals surface area contributed by atoms with Crippen molar-refractivity contribution in [1.82, 2.24) is 20.3 Å². The van der Waals surface area contributed by atoms with E-state index in [2.05, 4.69) is 34.4 Å². The second-order valence-corrected chi connectivity index (χ2v) is 9.73. The van der Waals surface area contributed by atoms with Crippen molar-refractivity contribution >= 4 is 23.3 Å². The Bertz CT molecular complexity index is 1250. The summed E-state index contributed by atoms with van der Waals surface area (Å²) in [7, 11) is 0. The number of hydrogen-bond donors (Lipinski definition) is 3. The summed E-state index contributed by atoms with van der Waals surface area (Å²) in [6.45, 7) is 3.13. The van der Waals surface area contributed by atoms with E-state index in [1.165, 1.54) is 12.0 Å². The molecule has 34 heavy (non-hydrogen) atoms. The molecule has 0 saturated heterocycles. The fourth-order valence-corrected chi connectivity index (χ4v) is 5.76. The van der Waals surface area contributed by atoms with E-state index in [0.717, 1.165) is 54.5 Å². The fourth-order valence-electron chi connectivity index (χ4n) is 5.57. The van der Waals surface area contributed by atoms with Crippen molar-refractivity contribution in [3.05, 3.63) is 81.6 Å². The quantitative estimate of drug-likeness (QED) is 0.374. The zero-order chi connectivity index (χ0) is 23.5. The number of benzene rings is 2. The number of nitrogens with zero attached hydrogens (tertiary/aromatic N) is 2. The second kappa shape index (κ2) is 9.58. The Morgan fingerprint density at radius 2 is 1.79 bits per heavy atom. The number of hydrogen-bond acceptors (Lipinski definition) is 4. The van der Waals surface area contributed by atoms with Crippen molar-refractivity contribution < 1.29 is 0 Å². The summed E-state index contributed by atoms with van der Waals surface area (Å²) in [5.74, 6) is 0.468. The third kappa shape index (κ3) is 4.20. The average Bonchev–Trinajstić information content (AvgIpc) is 2.86. The Balaban J connectivity index is 1.69. The Kier molecular flexibility index (Phi) is 6.37. The van der Waals surface area contributed by atoms with Gasteiger partial charge in [-0.25, -0.2) is 4.98 Å². The smallest absolute Gasteiger partial charge is 0.259 e. The molecule has 0 unspecified atom stereocenters. The highest BCUT2D eigenvalue weighted by atomic mass is 32.1. The summed E-state index contributed by atoms with van der Waals surface area (Å²) >= 11 is 5.34. The number of rotatable bonds is 5. The number of anilines is 1. The van der Waals surface area contributed by atoms with Crippen LogP contribution in [0.4, 0.5) is 5.95 Å². The number of nitrogens with one attached hydrogen (secondary N) is 3. The van der Waals surface area contributed by atoms with Crippen molar-refractivity contribution in [2.75, 3.05) is 12.0 Å². The van der Waals surface area contributed by atoms with Gasteiger partial charge in [0.15, 0.2) is 5.11 Å². The van der Waals surface area contributed by atoms with E-state index in [0.29, 0.717) is 24.2 Å². The second-order valence-electron chi connectivity index (χ2n) is 9.32. The molecule has 3 aromatic rings. The lowest BCUT2D eigenvalue weighted by molar-refractivity contribution is 0.283. The highest BCUT2D eigenvalue weighted by molar-refractivity contribution is 7.80. The number of hydrazine groups is 1. The molecule has 2 aliphatic carbocycles. The number of thiocarbonyl (C=S) groups is 1. The molecule has 6 nitrogen and oxygen atoms in total. The molecular weight excluding hydrogens is 442 g/mol. The van der Waals surface area contributed by atoms with Gasteiger partial charge in [0.05, 0.1) is 17.8 Å². The minimum atomic E-state index is -0.143. The van der Waals surface area contributed by atoms with Crippen LogP contribution in [0.5, 0.6) is 0 Å². The molecule has 1 aromatic heterocycles. The maximum atomic E-state index is 14.3. The van der Waals surface area contributed by atoms with Gasteiger partial charge in [-0.1, -0.05) is 73.9 Å². The summed E-state index contributed by atoms with van der Waals surface area (Å²) in [5.41, 5.74) is 11.1. The molecule has 0 amide bonds. The summed E-state index contributed by atoms with van der Waals surface area (Å²) in [6.07, 6.45) is 6.51. The highest BCUT2D eigenvalue weighted by Gasteiger charge is 2.43. The molecular formula is C27H31N5OS. The minimum Gasteiger partial charge on any atom is -0.362 e. The van der Waals surface area contributed by atoms with E-state index in [9.17, 15) is 4.79 Å². The maximum absolute atomic E-state index is 14.3. The lowest BCUT2D eigenvalue weighted by Gasteiger charge is -2.42. The zero-order valence-corrected chi connectivity index (χ0v) is 20.4. The Morgan fingerprint density at radius 1 is 1.06 bits per heavy atom. The number of aromatic nitrogens is 2. The summed E-state index contributed by atoms with van der Waals surface area (Å²) in [4.78, 5) is 19.4. The van der Waals surface area contributed by atoms with Gasteiger partial charge in [0.2, 0.25) is 5.95 Å². The summed E-state index contributed by atoms with van der Waals surface area (Å²) in [6, 6.07) is 18.5. The lowest BCUT2D eigenvalue weighted by Crippen LogP contribution is -2.45. The molecule has 2 aromatic carbocycles. The van der Waals surface area contributed by atoms with Crippen LogP contribution < -0.4 is 21.7 Å².